The van der Waals surface area contributed by atoms with Crippen molar-refractivity contribution >= 4 is 0 Å². The predicted molar refractivity (Wildman–Crippen MR) is 58.5 cm³/mol. The molecule has 0 unspecified atom stereocenters. The lowest BCUT2D eigenvalue weighted by Crippen LogP contribution is -2.47. The molecule has 1 aliphatic rings. The number of rotatable bonds is 5. The summed E-state index contributed by atoms with van der Waals surface area (Å²) in [4.78, 5) is 0. The third kappa shape index (κ3) is 2.21. The lowest BCUT2D eigenvalue weighted by atomic mass is 9.80. The van der Waals surface area contributed by atoms with Crippen LogP contribution in [0.5, 0.6) is 0 Å². The third-order valence-corrected chi connectivity index (χ3v) is 3.37. The summed E-state index contributed by atoms with van der Waals surface area (Å²) in [6.07, 6.45) is 5.48. The molecule has 0 saturated heterocycles. The first-order valence-corrected chi connectivity index (χ1v) is 5.48. The fraction of sp³-hybridized carbons (Fsp3) is 0.727. The maximum absolute atomic E-state index is 5.54. The minimum Gasteiger partial charge on any atom is -0.377 e. The van der Waals surface area contributed by atoms with Crippen LogP contribution < -0.4 is 5.32 Å². The van der Waals surface area contributed by atoms with E-state index in [4.69, 9.17) is 4.74 Å². The Morgan fingerprint density at radius 3 is 2.87 bits per heavy atom. The monoisotopic (exact) mass is 209 g/mol. The molecule has 1 saturated carbocycles. The quantitative estimate of drug-likeness (QED) is 0.788. The Morgan fingerprint density at radius 1 is 1.60 bits per heavy atom. The molecule has 0 spiro atoms. The summed E-state index contributed by atoms with van der Waals surface area (Å²) in [5.74, 6) is 0. The van der Waals surface area contributed by atoms with Crippen molar-refractivity contribution in [2.45, 2.75) is 31.4 Å². The highest BCUT2D eigenvalue weighted by atomic mass is 16.5. The molecule has 2 rings (SSSR count). The molecule has 4 heteroatoms. The van der Waals surface area contributed by atoms with Gasteiger partial charge in [-0.05, 0) is 25.3 Å². The van der Waals surface area contributed by atoms with E-state index in [0.29, 0.717) is 0 Å². The standard InChI is InChI=1S/C11H19N3O/c1-14-10(4-7-13-14)8-12-9-11(15-2)5-3-6-11/h4,7,12H,3,5-6,8-9H2,1-2H3. The van der Waals surface area contributed by atoms with E-state index >= 15 is 0 Å². The summed E-state index contributed by atoms with van der Waals surface area (Å²) < 4.78 is 7.43. The Labute approximate surface area is 90.6 Å². The summed E-state index contributed by atoms with van der Waals surface area (Å²) in [6, 6.07) is 2.03. The zero-order valence-electron chi connectivity index (χ0n) is 9.49. The fourth-order valence-electron chi connectivity index (χ4n) is 2.02. The lowest BCUT2D eigenvalue weighted by molar-refractivity contribution is -0.0696. The van der Waals surface area contributed by atoms with Gasteiger partial charge < -0.3 is 10.1 Å². The minimum atomic E-state index is 0.110. The van der Waals surface area contributed by atoms with E-state index in [1.807, 2.05) is 31.1 Å². The van der Waals surface area contributed by atoms with E-state index in [9.17, 15) is 0 Å². The Balaban J connectivity index is 1.77. The maximum Gasteiger partial charge on any atom is 0.0802 e. The minimum absolute atomic E-state index is 0.110. The summed E-state index contributed by atoms with van der Waals surface area (Å²) in [6.45, 7) is 1.80. The second-order valence-corrected chi connectivity index (χ2v) is 4.29. The number of hydrogen-bond acceptors (Lipinski definition) is 3. The van der Waals surface area contributed by atoms with Crippen molar-refractivity contribution in [1.29, 1.82) is 0 Å². The highest BCUT2D eigenvalue weighted by Crippen LogP contribution is 2.34. The molecule has 1 N–H and O–H groups in total. The summed E-state index contributed by atoms with van der Waals surface area (Å²) >= 11 is 0. The SMILES string of the molecule is COC1(CNCc2ccnn2C)CCC1. The average molecular weight is 209 g/mol. The Bertz CT molecular complexity index is 312. The highest BCUT2D eigenvalue weighted by molar-refractivity contribution is 5.00. The second-order valence-electron chi connectivity index (χ2n) is 4.29. The van der Waals surface area contributed by atoms with E-state index in [2.05, 4.69) is 10.4 Å². The number of ether oxygens (including phenoxy) is 1. The number of nitrogens with one attached hydrogen (secondary N) is 1. The molecule has 0 radical (unpaired) electrons. The molecule has 0 aromatic carbocycles. The van der Waals surface area contributed by atoms with Crippen molar-refractivity contribution in [3.05, 3.63) is 18.0 Å². The van der Waals surface area contributed by atoms with Crippen LogP contribution in [0.3, 0.4) is 0 Å². The van der Waals surface area contributed by atoms with Crippen LogP contribution in [-0.2, 0) is 18.3 Å². The highest BCUT2D eigenvalue weighted by Gasteiger charge is 2.36. The molecule has 15 heavy (non-hydrogen) atoms. The van der Waals surface area contributed by atoms with E-state index in [-0.39, 0.29) is 5.60 Å². The van der Waals surface area contributed by atoms with Gasteiger partial charge in [-0.1, -0.05) is 0 Å². The molecule has 1 aliphatic carbocycles. The van der Waals surface area contributed by atoms with Crippen LogP contribution in [-0.4, -0.2) is 29.0 Å². The van der Waals surface area contributed by atoms with Gasteiger partial charge in [0.15, 0.2) is 0 Å². The lowest BCUT2D eigenvalue weighted by Gasteiger charge is -2.40. The first kappa shape index (κ1) is 10.6. The van der Waals surface area contributed by atoms with Crippen molar-refractivity contribution < 1.29 is 4.74 Å². The van der Waals surface area contributed by atoms with Crippen LogP contribution in [0.2, 0.25) is 0 Å². The molecule has 1 aromatic heterocycles. The number of aromatic nitrogens is 2. The van der Waals surface area contributed by atoms with Crippen molar-refractivity contribution in [2.75, 3.05) is 13.7 Å². The first-order valence-electron chi connectivity index (χ1n) is 5.48. The fourth-order valence-corrected chi connectivity index (χ4v) is 2.02. The predicted octanol–water partition coefficient (Wildman–Crippen LogP) is 1.08. The van der Waals surface area contributed by atoms with Crippen LogP contribution in [0.25, 0.3) is 0 Å². The molecule has 0 aliphatic heterocycles. The Morgan fingerprint density at radius 2 is 2.40 bits per heavy atom. The van der Waals surface area contributed by atoms with Gasteiger partial charge in [0.1, 0.15) is 0 Å². The van der Waals surface area contributed by atoms with E-state index in [0.717, 1.165) is 13.1 Å². The third-order valence-electron chi connectivity index (χ3n) is 3.37. The molecule has 84 valence electrons. The molecule has 4 nitrogen and oxygen atoms in total. The Hall–Kier alpha value is -0.870. The number of aryl methyl sites for hydroxylation is 1. The van der Waals surface area contributed by atoms with Gasteiger partial charge >= 0.3 is 0 Å². The van der Waals surface area contributed by atoms with Crippen LogP contribution in [0.15, 0.2) is 12.3 Å². The van der Waals surface area contributed by atoms with Gasteiger partial charge in [0.25, 0.3) is 0 Å². The van der Waals surface area contributed by atoms with Crippen LogP contribution in [0, 0.1) is 0 Å². The largest absolute Gasteiger partial charge is 0.377 e. The van der Waals surface area contributed by atoms with Crippen molar-refractivity contribution in [3.63, 3.8) is 0 Å². The van der Waals surface area contributed by atoms with Gasteiger partial charge in [-0.2, -0.15) is 5.10 Å². The number of hydrogen-bond donors (Lipinski definition) is 1. The Kier molecular flexibility index (Phi) is 3.07. The van der Waals surface area contributed by atoms with Crippen molar-refractivity contribution in [1.82, 2.24) is 15.1 Å². The van der Waals surface area contributed by atoms with E-state index < -0.39 is 0 Å². The van der Waals surface area contributed by atoms with Crippen LogP contribution in [0.4, 0.5) is 0 Å². The normalized spacial score (nSPS) is 18.8. The average Bonchev–Trinajstić information content (AvgIpc) is 2.57. The topological polar surface area (TPSA) is 39.1 Å². The molecule has 0 bridgehead atoms. The van der Waals surface area contributed by atoms with Gasteiger partial charge in [-0.25, -0.2) is 0 Å². The molecule has 1 fully saturated rings. The zero-order chi connectivity index (χ0) is 10.7. The van der Waals surface area contributed by atoms with Gasteiger partial charge in [-0.3, -0.25) is 4.68 Å². The summed E-state index contributed by atoms with van der Waals surface area (Å²) in [5.41, 5.74) is 1.32. The molecular formula is C11H19N3O. The van der Waals surface area contributed by atoms with Gasteiger partial charge in [-0.15, -0.1) is 0 Å². The van der Waals surface area contributed by atoms with Gasteiger partial charge in [0.05, 0.1) is 11.3 Å². The van der Waals surface area contributed by atoms with E-state index in [1.54, 1.807) is 0 Å². The van der Waals surface area contributed by atoms with Crippen LogP contribution in [0.1, 0.15) is 25.0 Å². The van der Waals surface area contributed by atoms with E-state index in [1.165, 1.54) is 25.0 Å². The molecule has 1 aromatic rings. The number of nitrogens with zero attached hydrogens (tertiary/aromatic N) is 2. The van der Waals surface area contributed by atoms with Crippen molar-refractivity contribution in [3.8, 4) is 0 Å². The summed E-state index contributed by atoms with van der Waals surface area (Å²) in [5, 5.41) is 7.57. The molecule has 0 amide bonds. The molecule has 1 heterocycles. The van der Waals surface area contributed by atoms with Crippen LogP contribution >= 0.6 is 0 Å². The maximum atomic E-state index is 5.54. The van der Waals surface area contributed by atoms with Gasteiger partial charge in [0, 0.05) is 33.4 Å². The zero-order valence-corrected chi connectivity index (χ0v) is 9.49. The second kappa shape index (κ2) is 4.33. The number of methoxy groups -OCH3 is 1. The van der Waals surface area contributed by atoms with Gasteiger partial charge in [0.2, 0.25) is 0 Å². The molecule has 0 atom stereocenters. The van der Waals surface area contributed by atoms with Crippen molar-refractivity contribution in [2.24, 2.45) is 7.05 Å². The molecular weight excluding hydrogens is 190 g/mol. The smallest absolute Gasteiger partial charge is 0.0802 e. The summed E-state index contributed by atoms with van der Waals surface area (Å²) in [7, 11) is 3.78. The first-order chi connectivity index (χ1) is 7.26.